The first-order chi connectivity index (χ1) is 9.09. The predicted octanol–water partition coefficient (Wildman–Crippen LogP) is 2.04. The van der Waals surface area contributed by atoms with E-state index in [2.05, 4.69) is 5.32 Å². The number of amides is 1. The largest absolute Gasteiger partial charge is 0.466 e. The van der Waals surface area contributed by atoms with Gasteiger partial charge in [0.15, 0.2) is 0 Å². The van der Waals surface area contributed by atoms with Gasteiger partial charge in [0.2, 0.25) is 5.91 Å². The summed E-state index contributed by atoms with van der Waals surface area (Å²) in [6, 6.07) is 3.46. The summed E-state index contributed by atoms with van der Waals surface area (Å²) < 4.78 is 5.20. The molecule has 4 heteroatoms. The Labute approximate surface area is 113 Å². The van der Waals surface area contributed by atoms with E-state index in [9.17, 15) is 9.90 Å². The highest BCUT2D eigenvalue weighted by Crippen LogP contribution is 2.55. The lowest BCUT2D eigenvalue weighted by Crippen LogP contribution is -2.39. The SMILES string of the molecule is CC(O)(CNC(=O)C1C2CCCCC21)c1ccco1. The van der Waals surface area contributed by atoms with Crippen molar-refractivity contribution in [1.29, 1.82) is 0 Å². The number of fused-ring (bicyclic) bond motifs is 1. The molecule has 0 aliphatic heterocycles. The second-order valence-corrected chi connectivity index (χ2v) is 6.11. The molecule has 1 aromatic heterocycles. The minimum absolute atomic E-state index is 0.101. The molecule has 1 amide bonds. The van der Waals surface area contributed by atoms with Crippen molar-refractivity contribution in [2.75, 3.05) is 6.54 Å². The lowest BCUT2D eigenvalue weighted by molar-refractivity contribution is -0.124. The lowest BCUT2D eigenvalue weighted by atomic mass is 10.0. The molecule has 1 heterocycles. The topological polar surface area (TPSA) is 62.5 Å². The molecule has 0 radical (unpaired) electrons. The average Bonchev–Trinajstić information content (AvgIpc) is 2.85. The van der Waals surface area contributed by atoms with Crippen LogP contribution in [0.2, 0.25) is 0 Å². The molecule has 2 N–H and O–H groups in total. The fraction of sp³-hybridized carbons (Fsp3) is 0.667. The van der Waals surface area contributed by atoms with E-state index in [1.165, 1.54) is 31.9 Å². The molecule has 0 saturated heterocycles. The Kier molecular flexibility index (Phi) is 3.13. The van der Waals surface area contributed by atoms with Crippen molar-refractivity contribution in [2.45, 2.75) is 38.2 Å². The molecule has 0 aromatic carbocycles. The Balaban J connectivity index is 1.54. The van der Waals surface area contributed by atoms with Crippen molar-refractivity contribution >= 4 is 5.91 Å². The minimum atomic E-state index is -1.14. The second-order valence-electron chi connectivity index (χ2n) is 6.11. The summed E-state index contributed by atoms with van der Waals surface area (Å²) in [7, 11) is 0. The van der Waals surface area contributed by atoms with Crippen LogP contribution in [0.4, 0.5) is 0 Å². The van der Waals surface area contributed by atoms with Gasteiger partial charge < -0.3 is 14.8 Å². The third-order valence-corrected chi connectivity index (χ3v) is 4.62. The van der Waals surface area contributed by atoms with Crippen molar-refractivity contribution in [1.82, 2.24) is 5.32 Å². The van der Waals surface area contributed by atoms with E-state index in [-0.39, 0.29) is 18.4 Å². The zero-order valence-electron chi connectivity index (χ0n) is 11.3. The Hall–Kier alpha value is -1.29. The molecule has 3 unspecified atom stereocenters. The van der Waals surface area contributed by atoms with Crippen LogP contribution in [-0.4, -0.2) is 17.6 Å². The van der Waals surface area contributed by atoms with Crippen molar-refractivity contribution in [3.63, 3.8) is 0 Å². The maximum absolute atomic E-state index is 12.1. The normalized spacial score (nSPS) is 32.2. The molecule has 3 rings (SSSR count). The smallest absolute Gasteiger partial charge is 0.223 e. The highest BCUT2D eigenvalue weighted by atomic mass is 16.4. The summed E-state index contributed by atoms with van der Waals surface area (Å²) in [6.07, 6.45) is 6.43. The van der Waals surface area contributed by atoms with Crippen molar-refractivity contribution < 1.29 is 14.3 Å². The average molecular weight is 263 g/mol. The summed E-state index contributed by atoms with van der Waals surface area (Å²) in [5.74, 6) is 1.98. The quantitative estimate of drug-likeness (QED) is 0.873. The van der Waals surface area contributed by atoms with Crippen LogP contribution in [-0.2, 0) is 10.4 Å². The maximum atomic E-state index is 12.1. The first kappa shape index (κ1) is 12.7. The van der Waals surface area contributed by atoms with Gasteiger partial charge in [-0.25, -0.2) is 0 Å². The van der Waals surface area contributed by atoms with Gasteiger partial charge in [0.1, 0.15) is 11.4 Å². The van der Waals surface area contributed by atoms with Crippen LogP contribution < -0.4 is 5.32 Å². The molecule has 2 aliphatic carbocycles. The number of nitrogens with one attached hydrogen (secondary N) is 1. The number of hydrogen-bond acceptors (Lipinski definition) is 3. The van der Waals surface area contributed by atoms with Gasteiger partial charge in [-0.05, 0) is 43.7 Å². The van der Waals surface area contributed by atoms with Crippen LogP contribution in [0, 0.1) is 17.8 Å². The summed E-state index contributed by atoms with van der Waals surface area (Å²) in [5, 5.41) is 13.2. The molecule has 3 atom stereocenters. The molecule has 1 aromatic rings. The first-order valence-electron chi connectivity index (χ1n) is 7.14. The van der Waals surface area contributed by atoms with Gasteiger partial charge in [0.05, 0.1) is 12.8 Å². The molecule has 0 spiro atoms. The van der Waals surface area contributed by atoms with Crippen molar-refractivity contribution in [3.8, 4) is 0 Å². The zero-order valence-corrected chi connectivity index (χ0v) is 11.3. The fourth-order valence-corrected chi connectivity index (χ4v) is 3.43. The van der Waals surface area contributed by atoms with Crippen LogP contribution in [0.1, 0.15) is 38.4 Å². The van der Waals surface area contributed by atoms with E-state index in [0.717, 1.165) is 0 Å². The third kappa shape index (κ3) is 2.41. The molecule has 104 valence electrons. The summed E-state index contributed by atoms with van der Waals surface area (Å²) >= 11 is 0. The molecule has 2 aliphatic rings. The van der Waals surface area contributed by atoms with E-state index >= 15 is 0 Å². The first-order valence-corrected chi connectivity index (χ1v) is 7.14. The van der Waals surface area contributed by atoms with E-state index in [0.29, 0.717) is 17.6 Å². The standard InChI is InChI=1S/C15H21NO3/c1-15(18,12-7-4-8-19-12)9-16-14(17)13-10-5-2-3-6-11(10)13/h4,7-8,10-11,13,18H,2-3,5-6,9H2,1H3,(H,16,17). The van der Waals surface area contributed by atoms with Crippen LogP contribution in [0.3, 0.4) is 0 Å². The van der Waals surface area contributed by atoms with Crippen LogP contribution in [0.15, 0.2) is 22.8 Å². The molecule has 2 fully saturated rings. The van der Waals surface area contributed by atoms with Crippen LogP contribution in [0.25, 0.3) is 0 Å². The van der Waals surface area contributed by atoms with Gasteiger partial charge in [-0.3, -0.25) is 4.79 Å². The number of carbonyl (C=O) groups is 1. The molecular weight excluding hydrogens is 242 g/mol. The van der Waals surface area contributed by atoms with Gasteiger partial charge >= 0.3 is 0 Å². The molecular formula is C15H21NO3. The van der Waals surface area contributed by atoms with Crippen LogP contribution in [0.5, 0.6) is 0 Å². The highest BCUT2D eigenvalue weighted by molar-refractivity contribution is 5.82. The van der Waals surface area contributed by atoms with Gasteiger partial charge in [-0.2, -0.15) is 0 Å². The van der Waals surface area contributed by atoms with Gasteiger partial charge in [-0.15, -0.1) is 0 Å². The number of hydrogen-bond donors (Lipinski definition) is 2. The zero-order chi connectivity index (χ0) is 13.5. The van der Waals surface area contributed by atoms with E-state index in [1.807, 2.05) is 0 Å². The Morgan fingerprint density at radius 2 is 2.16 bits per heavy atom. The highest BCUT2D eigenvalue weighted by Gasteiger charge is 2.54. The van der Waals surface area contributed by atoms with E-state index in [1.54, 1.807) is 19.1 Å². The molecule has 19 heavy (non-hydrogen) atoms. The lowest BCUT2D eigenvalue weighted by Gasteiger charge is -2.21. The third-order valence-electron chi connectivity index (χ3n) is 4.62. The summed E-state index contributed by atoms with van der Waals surface area (Å²) in [4.78, 5) is 12.1. The van der Waals surface area contributed by atoms with E-state index < -0.39 is 5.60 Å². The Morgan fingerprint density at radius 3 is 2.74 bits per heavy atom. The van der Waals surface area contributed by atoms with Gasteiger partial charge in [-0.1, -0.05) is 12.8 Å². The van der Waals surface area contributed by atoms with Crippen molar-refractivity contribution in [3.05, 3.63) is 24.2 Å². The number of aliphatic hydroxyl groups is 1. The molecule has 2 saturated carbocycles. The van der Waals surface area contributed by atoms with E-state index in [4.69, 9.17) is 4.42 Å². The number of furan rings is 1. The molecule has 0 bridgehead atoms. The Morgan fingerprint density at radius 1 is 1.47 bits per heavy atom. The maximum Gasteiger partial charge on any atom is 0.223 e. The van der Waals surface area contributed by atoms with Gasteiger partial charge in [0, 0.05) is 5.92 Å². The van der Waals surface area contributed by atoms with Crippen LogP contribution >= 0.6 is 0 Å². The second kappa shape index (κ2) is 4.67. The summed E-state index contributed by atoms with van der Waals surface area (Å²) in [5.41, 5.74) is -1.14. The fourth-order valence-electron chi connectivity index (χ4n) is 3.43. The Bertz CT molecular complexity index is 440. The summed E-state index contributed by atoms with van der Waals surface area (Å²) in [6.45, 7) is 1.86. The van der Waals surface area contributed by atoms with Crippen molar-refractivity contribution in [2.24, 2.45) is 17.8 Å². The van der Waals surface area contributed by atoms with Gasteiger partial charge in [0.25, 0.3) is 0 Å². The number of carbonyl (C=O) groups excluding carboxylic acids is 1. The predicted molar refractivity (Wildman–Crippen MR) is 70.2 cm³/mol. The monoisotopic (exact) mass is 263 g/mol. The number of rotatable bonds is 4. The molecule has 4 nitrogen and oxygen atoms in total. The minimum Gasteiger partial charge on any atom is -0.466 e.